The lowest BCUT2D eigenvalue weighted by Gasteiger charge is -2.18. The van der Waals surface area contributed by atoms with E-state index in [1.165, 1.54) is 5.56 Å². The summed E-state index contributed by atoms with van der Waals surface area (Å²) in [5, 5.41) is 15.6. The zero-order valence-electron chi connectivity index (χ0n) is 8.18. The number of nitrogens with two attached hydrogens (primary N) is 1. The van der Waals surface area contributed by atoms with Crippen LogP contribution in [0.3, 0.4) is 0 Å². The molecule has 3 N–H and O–H groups in total. The lowest BCUT2D eigenvalue weighted by molar-refractivity contribution is 0.295. The van der Waals surface area contributed by atoms with Gasteiger partial charge in [0, 0.05) is 6.54 Å². The van der Waals surface area contributed by atoms with Crippen molar-refractivity contribution >= 4 is 17.2 Å². The van der Waals surface area contributed by atoms with Crippen LogP contribution in [0, 0.1) is 0 Å². The third-order valence-corrected chi connectivity index (χ3v) is 2.68. The van der Waals surface area contributed by atoms with Crippen molar-refractivity contribution in [1.82, 2.24) is 4.90 Å². The van der Waals surface area contributed by atoms with Gasteiger partial charge >= 0.3 is 0 Å². The number of rotatable bonds is 5. The zero-order chi connectivity index (χ0) is 10.4. The Bertz CT molecular complexity index is 284. The Morgan fingerprint density at radius 3 is 3.00 bits per heavy atom. The van der Waals surface area contributed by atoms with Crippen LogP contribution < -0.4 is 5.73 Å². The Kier molecular flexibility index (Phi) is 4.42. The Morgan fingerprint density at radius 1 is 1.71 bits per heavy atom. The molecule has 0 atom stereocenters. The standard InChI is InChI=1S/C9H15N3OS/c1-2-12(6-9(10)11-13)5-8-3-4-14-7-8/h3-4,7,13H,2,5-6H2,1H3,(H2,10,11). The Hall–Kier alpha value is -1.07. The second-order valence-corrected chi connectivity index (χ2v) is 3.81. The molecule has 0 saturated carbocycles. The first-order chi connectivity index (χ1) is 6.76. The van der Waals surface area contributed by atoms with Gasteiger partial charge in [-0.2, -0.15) is 11.3 Å². The van der Waals surface area contributed by atoms with Crippen molar-refractivity contribution < 1.29 is 5.21 Å². The van der Waals surface area contributed by atoms with Gasteiger partial charge in [-0.1, -0.05) is 12.1 Å². The summed E-state index contributed by atoms with van der Waals surface area (Å²) in [7, 11) is 0. The molecule has 78 valence electrons. The number of oxime groups is 1. The second kappa shape index (κ2) is 5.62. The summed E-state index contributed by atoms with van der Waals surface area (Å²) in [4.78, 5) is 2.11. The molecule has 1 aromatic rings. The molecule has 1 heterocycles. The van der Waals surface area contributed by atoms with E-state index in [4.69, 9.17) is 10.9 Å². The molecule has 0 spiro atoms. The van der Waals surface area contributed by atoms with Gasteiger partial charge in [0.2, 0.25) is 0 Å². The predicted octanol–water partition coefficient (Wildman–Crippen LogP) is 1.32. The van der Waals surface area contributed by atoms with Crippen LogP contribution in [0.15, 0.2) is 22.0 Å². The van der Waals surface area contributed by atoms with Crippen molar-refractivity contribution in [1.29, 1.82) is 0 Å². The van der Waals surface area contributed by atoms with E-state index >= 15 is 0 Å². The van der Waals surface area contributed by atoms with Gasteiger partial charge in [-0.25, -0.2) is 0 Å². The number of likely N-dealkylation sites (N-methyl/N-ethyl adjacent to an activating group) is 1. The van der Waals surface area contributed by atoms with Gasteiger partial charge in [0.25, 0.3) is 0 Å². The number of nitrogens with zero attached hydrogens (tertiary/aromatic N) is 2. The van der Waals surface area contributed by atoms with Gasteiger partial charge in [0.15, 0.2) is 5.84 Å². The highest BCUT2D eigenvalue weighted by atomic mass is 32.1. The zero-order valence-corrected chi connectivity index (χ0v) is 9.00. The maximum absolute atomic E-state index is 8.44. The third kappa shape index (κ3) is 3.35. The first kappa shape index (κ1) is 11.0. The van der Waals surface area contributed by atoms with Crippen LogP contribution in [0.25, 0.3) is 0 Å². The molecule has 4 nitrogen and oxygen atoms in total. The maximum atomic E-state index is 8.44. The van der Waals surface area contributed by atoms with Crippen molar-refractivity contribution in [2.24, 2.45) is 10.9 Å². The molecule has 5 heteroatoms. The molecule has 0 fully saturated rings. The molecule has 0 aliphatic heterocycles. The minimum Gasteiger partial charge on any atom is -0.409 e. The van der Waals surface area contributed by atoms with Crippen LogP contribution >= 0.6 is 11.3 Å². The van der Waals surface area contributed by atoms with E-state index in [1.807, 2.05) is 5.38 Å². The van der Waals surface area contributed by atoms with E-state index in [-0.39, 0.29) is 5.84 Å². The third-order valence-electron chi connectivity index (χ3n) is 1.95. The maximum Gasteiger partial charge on any atom is 0.153 e. The highest BCUT2D eigenvalue weighted by molar-refractivity contribution is 7.07. The average Bonchev–Trinajstić information content (AvgIpc) is 2.69. The highest BCUT2D eigenvalue weighted by Crippen LogP contribution is 2.08. The smallest absolute Gasteiger partial charge is 0.153 e. The van der Waals surface area contributed by atoms with E-state index < -0.39 is 0 Å². The normalized spacial score (nSPS) is 12.3. The lowest BCUT2D eigenvalue weighted by Crippen LogP contribution is -2.33. The van der Waals surface area contributed by atoms with Gasteiger partial charge in [-0.05, 0) is 28.9 Å². The lowest BCUT2D eigenvalue weighted by atomic mass is 10.3. The Morgan fingerprint density at radius 2 is 2.50 bits per heavy atom. The van der Waals surface area contributed by atoms with Crippen molar-refractivity contribution in [3.8, 4) is 0 Å². The van der Waals surface area contributed by atoms with Gasteiger partial charge in [0.05, 0.1) is 6.54 Å². The van der Waals surface area contributed by atoms with Crippen LogP contribution in [-0.4, -0.2) is 29.0 Å². The minimum atomic E-state index is 0.252. The molecule has 14 heavy (non-hydrogen) atoms. The molecular weight excluding hydrogens is 198 g/mol. The van der Waals surface area contributed by atoms with Gasteiger partial charge in [0.1, 0.15) is 0 Å². The Labute approximate surface area is 87.6 Å². The van der Waals surface area contributed by atoms with Crippen molar-refractivity contribution in [2.45, 2.75) is 13.5 Å². The molecule has 0 bridgehead atoms. The molecule has 0 unspecified atom stereocenters. The molecule has 0 aromatic carbocycles. The molecule has 0 amide bonds. The summed E-state index contributed by atoms with van der Waals surface area (Å²) < 4.78 is 0. The highest BCUT2D eigenvalue weighted by Gasteiger charge is 2.05. The number of amidine groups is 1. The number of hydrogen-bond acceptors (Lipinski definition) is 4. The van der Waals surface area contributed by atoms with Crippen molar-refractivity contribution in [3.05, 3.63) is 22.4 Å². The fourth-order valence-electron chi connectivity index (χ4n) is 1.18. The van der Waals surface area contributed by atoms with Gasteiger partial charge in [-0.15, -0.1) is 0 Å². The number of thiophene rings is 1. The van der Waals surface area contributed by atoms with Crippen molar-refractivity contribution in [3.63, 3.8) is 0 Å². The van der Waals surface area contributed by atoms with E-state index in [9.17, 15) is 0 Å². The van der Waals surface area contributed by atoms with Crippen LogP contribution in [0.1, 0.15) is 12.5 Å². The van der Waals surface area contributed by atoms with Crippen LogP contribution in [0.4, 0.5) is 0 Å². The van der Waals surface area contributed by atoms with E-state index in [0.29, 0.717) is 6.54 Å². The quantitative estimate of drug-likeness (QED) is 0.335. The van der Waals surface area contributed by atoms with Crippen LogP contribution in [0.5, 0.6) is 0 Å². The molecule has 0 aliphatic rings. The minimum absolute atomic E-state index is 0.252. The number of hydrogen-bond donors (Lipinski definition) is 2. The second-order valence-electron chi connectivity index (χ2n) is 3.03. The summed E-state index contributed by atoms with van der Waals surface area (Å²) in [6.45, 7) is 4.28. The van der Waals surface area contributed by atoms with Crippen LogP contribution in [-0.2, 0) is 6.54 Å². The topological polar surface area (TPSA) is 61.8 Å². The first-order valence-electron chi connectivity index (χ1n) is 4.46. The van der Waals surface area contributed by atoms with Gasteiger partial charge in [-0.3, -0.25) is 4.90 Å². The Balaban J connectivity index is 2.47. The average molecular weight is 213 g/mol. The van der Waals surface area contributed by atoms with Gasteiger partial charge < -0.3 is 10.9 Å². The molecular formula is C9H15N3OS. The molecule has 1 aromatic heterocycles. The van der Waals surface area contributed by atoms with E-state index in [0.717, 1.165) is 13.1 Å². The van der Waals surface area contributed by atoms with Crippen LogP contribution in [0.2, 0.25) is 0 Å². The summed E-state index contributed by atoms with van der Waals surface area (Å²) in [6, 6.07) is 2.08. The summed E-state index contributed by atoms with van der Waals surface area (Å²) in [6.07, 6.45) is 0. The molecule has 0 radical (unpaired) electrons. The van der Waals surface area contributed by atoms with E-state index in [1.54, 1.807) is 11.3 Å². The molecule has 1 rings (SSSR count). The monoisotopic (exact) mass is 213 g/mol. The molecule has 0 saturated heterocycles. The fourth-order valence-corrected chi connectivity index (χ4v) is 1.84. The predicted molar refractivity (Wildman–Crippen MR) is 58.7 cm³/mol. The summed E-state index contributed by atoms with van der Waals surface area (Å²) in [5.41, 5.74) is 6.71. The summed E-state index contributed by atoms with van der Waals surface area (Å²) >= 11 is 1.68. The van der Waals surface area contributed by atoms with E-state index in [2.05, 4.69) is 28.4 Å². The SMILES string of the molecule is CCN(CC(N)=NO)Cc1ccsc1. The largest absolute Gasteiger partial charge is 0.409 e. The van der Waals surface area contributed by atoms with Crippen molar-refractivity contribution in [2.75, 3.05) is 13.1 Å². The fraction of sp³-hybridized carbons (Fsp3) is 0.444. The summed E-state index contributed by atoms with van der Waals surface area (Å²) in [5.74, 6) is 0.252. The molecule has 0 aliphatic carbocycles. The first-order valence-corrected chi connectivity index (χ1v) is 5.40.